The Morgan fingerprint density at radius 3 is 2.71 bits per heavy atom. The van der Waals surface area contributed by atoms with Crippen molar-refractivity contribution in [2.45, 2.75) is 31.3 Å². The first-order chi connectivity index (χ1) is 13.5. The molecule has 2 aromatic carbocycles. The number of amides is 1. The van der Waals surface area contributed by atoms with Gasteiger partial charge in [0, 0.05) is 17.9 Å². The zero-order valence-electron chi connectivity index (χ0n) is 15.7. The molecule has 0 bridgehead atoms. The quantitative estimate of drug-likeness (QED) is 0.824. The minimum atomic E-state index is -0.817. The van der Waals surface area contributed by atoms with Crippen LogP contribution in [0.4, 0.5) is 11.4 Å². The van der Waals surface area contributed by atoms with Crippen LogP contribution in [0.2, 0.25) is 5.02 Å². The van der Waals surface area contributed by atoms with Gasteiger partial charge < -0.3 is 15.8 Å². The topological polar surface area (TPSA) is 80.0 Å². The average molecular weight is 399 g/mol. The number of carbonyl (C=O) groups excluding carboxylic acids is 1. The van der Waals surface area contributed by atoms with Crippen molar-refractivity contribution in [3.8, 4) is 0 Å². The van der Waals surface area contributed by atoms with E-state index >= 15 is 0 Å². The lowest BCUT2D eigenvalue weighted by Gasteiger charge is -2.38. The second kappa shape index (κ2) is 7.45. The van der Waals surface area contributed by atoms with Crippen LogP contribution in [-0.4, -0.2) is 36.0 Å². The summed E-state index contributed by atoms with van der Waals surface area (Å²) in [5.41, 5.74) is 7.87. The van der Waals surface area contributed by atoms with Crippen molar-refractivity contribution in [1.29, 1.82) is 0 Å². The van der Waals surface area contributed by atoms with Crippen molar-refractivity contribution in [3.05, 3.63) is 59.1 Å². The Hall–Kier alpha value is -2.57. The number of anilines is 2. The molecule has 1 saturated heterocycles. The Morgan fingerprint density at radius 1 is 1.25 bits per heavy atom. The number of para-hydroxylation sites is 1. The number of nitrogens with two attached hydrogens (primary N) is 1. The Kier molecular flexibility index (Phi) is 5.00. The number of ether oxygens (including phenoxy) is 1. The van der Waals surface area contributed by atoms with Crippen molar-refractivity contribution in [2.75, 3.05) is 18.5 Å². The van der Waals surface area contributed by atoms with E-state index in [1.54, 1.807) is 4.90 Å². The molecule has 0 aliphatic carbocycles. The molecule has 2 aliphatic rings. The molecule has 0 radical (unpaired) electrons. The number of guanidine groups is 1. The third-order valence-electron chi connectivity index (χ3n) is 5.27. The average Bonchev–Trinajstić information content (AvgIpc) is 3.17. The summed E-state index contributed by atoms with van der Waals surface area (Å²) in [5, 5.41) is 3.86. The molecule has 2 aromatic rings. The van der Waals surface area contributed by atoms with Gasteiger partial charge in [0.25, 0.3) is 0 Å². The van der Waals surface area contributed by atoms with Crippen LogP contribution in [0.3, 0.4) is 0 Å². The van der Waals surface area contributed by atoms with E-state index in [1.165, 1.54) is 0 Å². The van der Waals surface area contributed by atoms with Gasteiger partial charge in [0.2, 0.25) is 5.91 Å². The molecule has 1 amide bonds. The molecule has 0 saturated carbocycles. The van der Waals surface area contributed by atoms with Gasteiger partial charge in [-0.2, -0.15) is 0 Å². The van der Waals surface area contributed by atoms with Gasteiger partial charge >= 0.3 is 0 Å². The number of aliphatic imine (C=N–C) groups is 1. The van der Waals surface area contributed by atoms with Crippen molar-refractivity contribution >= 4 is 34.8 Å². The number of nitrogens with one attached hydrogen (secondary N) is 1. The summed E-state index contributed by atoms with van der Waals surface area (Å²) < 4.78 is 5.40. The number of nitrogens with zero attached hydrogens (tertiary/aromatic N) is 2. The highest BCUT2D eigenvalue weighted by Gasteiger charge is 2.42. The Labute approximate surface area is 169 Å². The van der Waals surface area contributed by atoms with Gasteiger partial charge in [0.15, 0.2) is 5.96 Å². The van der Waals surface area contributed by atoms with Gasteiger partial charge in [-0.15, -0.1) is 0 Å². The second-order valence-electron chi connectivity index (χ2n) is 7.36. The van der Waals surface area contributed by atoms with E-state index in [1.807, 2.05) is 55.5 Å². The molecule has 28 heavy (non-hydrogen) atoms. The van der Waals surface area contributed by atoms with Gasteiger partial charge in [-0.3, -0.25) is 9.69 Å². The fraction of sp³-hybridized carbons (Fsp3) is 0.333. The van der Waals surface area contributed by atoms with Gasteiger partial charge in [0.05, 0.1) is 35.3 Å². The maximum absolute atomic E-state index is 12.9. The molecule has 1 fully saturated rings. The molecule has 146 valence electrons. The lowest BCUT2D eigenvalue weighted by Crippen LogP contribution is -2.54. The van der Waals surface area contributed by atoms with Crippen LogP contribution in [0.25, 0.3) is 0 Å². The molecule has 4 rings (SSSR count). The predicted molar refractivity (Wildman–Crippen MR) is 111 cm³/mol. The first kappa shape index (κ1) is 18.8. The number of hydrogen-bond donors (Lipinski definition) is 2. The van der Waals surface area contributed by atoms with Crippen molar-refractivity contribution in [3.63, 3.8) is 0 Å². The summed E-state index contributed by atoms with van der Waals surface area (Å²) in [6, 6.07) is 15.5. The van der Waals surface area contributed by atoms with E-state index in [2.05, 4.69) is 5.32 Å². The Balaban J connectivity index is 1.66. The van der Waals surface area contributed by atoms with E-state index in [-0.39, 0.29) is 24.3 Å². The van der Waals surface area contributed by atoms with Crippen molar-refractivity contribution in [2.24, 2.45) is 10.7 Å². The first-order valence-electron chi connectivity index (χ1n) is 9.34. The SMILES string of the molecule is C[C@@]1(c2cccc(Nc3ccccc3)c2Cl)CC(=O)N(C2CCOC2)C(N)=N1. The van der Waals surface area contributed by atoms with E-state index in [0.717, 1.165) is 23.4 Å². The maximum Gasteiger partial charge on any atom is 0.232 e. The summed E-state index contributed by atoms with van der Waals surface area (Å²) in [6.07, 6.45) is 0.981. The number of halogens is 1. The molecule has 2 atom stereocenters. The van der Waals surface area contributed by atoms with Gasteiger partial charge in [0.1, 0.15) is 0 Å². The van der Waals surface area contributed by atoms with E-state index < -0.39 is 5.54 Å². The van der Waals surface area contributed by atoms with Crippen molar-refractivity contribution < 1.29 is 9.53 Å². The van der Waals surface area contributed by atoms with Crippen LogP contribution in [0.1, 0.15) is 25.3 Å². The molecule has 0 spiro atoms. The van der Waals surface area contributed by atoms with Crippen LogP contribution in [0, 0.1) is 0 Å². The third-order valence-corrected chi connectivity index (χ3v) is 5.68. The summed E-state index contributed by atoms with van der Waals surface area (Å²) in [7, 11) is 0. The number of rotatable bonds is 4. The Bertz CT molecular complexity index is 912. The summed E-state index contributed by atoms with van der Waals surface area (Å²) >= 11 is 6.72. The first-order valence-corrected chi connectivity index (χ1v) is 9.72. The number of benzene rings is 2. The molecule has 2 heterocycles. The smallest absolute Gasteiger partial charge is 0.232 e. The standard InChI is InChI=1S/C21H23ClN4O2/c1-21(12-18(27)26(20(23)25-21)15-10-11-28-13-15)16-8-5-9-17(19(16)22)24-14-6-3-2-4-7-14/h2-9,15,24H,10-13H2,1H3,(H2,23,25)/t15?,21-/m0/s1. The summed E-state index contributed by atoms with van der Waals surface area (Å²) in [5.74, 6) is 0.176. The third kappa shape index (κ3) is 3.45. The predicted octanol–water partition coefficient (Wildman–Crippen LogP) is 3.63. The molecular weight excluding hydrogens is 376 g/mol. The van der Waals surface area contributed by atoms with E-state index in [4.69, 9.17) is 27.1 Å². The second-order valence-corrected chi connectivity index (χ2v) is 7.74. The fourth-order valence-electron chi connectivity index (χ4n) is 3.85. The zero-order valence-corrected chi connectivity index (χ0v) is 16.4. The minimum absolute atomic E-state index is 0.0395. The highest BCUT2D eigenvalue weighted by atomic mass is 35.5. The highest BCUT2D eigenvalue weighted by molar-refractivity contribution is 6.34. The normalized spacial score (nSPS) is 24.9. The van der Waals surface area contributed by atoms with Gasteiger partial charge in [-0.05, 0) is 31.5 Å². The van der Waals surface area contributed by atoms with E-state index in [9.17, 15) is 4.79 Å². The largest absolute Gasteiger partial charge is 0.379 e. The lowest BCUT2D eigenvalue weighted by molar-refractivity contribution is -0.131. The monoisotopic (exact) mass is 398 g/mol. The van der Waals surface area contributed by atoms with Gasteiger partial charge in [-0.1, -0.05) is 41.9 Å². The molecule has 2 aliphatic heterocycles. The summed E-state index contributed by atoms with van der Waals surface area (Å²) in [4.78, 5) is 19.2. The highest BCUT2D eigenvalue weighted by Crippen LogP contribution is 2.41. The summed E-state index contributed by atoms with van der Waals surface area (Å²) in [6.45, 7) is 3.03. The van der Waals surface area contributed by atoms with Crippen LogP contribution >= 0.6 is 11.6 Å². The number of hydrogen-bond acceptors (Lipinski definition) is 5. The molecule has 0 aromatic heterocycles. The maximum atomic E-state index is 12.9. The zero-order chi connectivity index (χ0) is 19.7. The van der Waals surface area contributed by atoms with Crippen LogP contribution in [-0.2, 0) is 15.1 Å². The van der Waals surface area contributed by atoms with Crippen molar-refractivity contribution in [1.82, 2.24) is 4.90 Å². The van der Waals surface area contributed by atoms with Crippen LogP contribution in [0.5, 0.6) is 0 Å². The fourth-order valence-corrected chi connectivity index (χ4v) is 4.22. The van der Waals surface area contributed by atoms with Crippen LogP contribution in [0.15, 0.2) is 53.5 Å². The molecule has 3 N–H and O–H groups in total. The molecule has 1 unspecified atom stereocenters. The minimum Gasteiger partial charge on any atom is -0.379 e. The lowest BCUT2D eigenvalue weighted by atomic mass is 9.86. The molecule has 6 nitrogen and oxygen atoms in total. The number of carbonyl (C=O) groups is 1. The van der Waals surface area contributed by atoms with Crippen LogP contribution < -0.4 is 11.1 Å². The molecular formula is C21H23ClN4O2. The Morgan fingerprint density at radius 2 is 2.04 bits per heavy atom. The van der Waals surface area contributed by atoms with E-state index in [0.29, 0.717) is 18.2 Å². The van der Waals surface area contributed by atoms with Gasteiger partial charge in [-0.25, -0.2) is 4.99 Å². The molecule has 7 heteroatoms.